The molecule has 11 nitrogen and oxygen atoms in total. The number of aliphatic hydroxyl groups is 1. The van der Waals surface area contributed by atoms with Gasteiger partial charge in [0.25, 0.3) is 0 Å². The molecule has 0 aliphatic carbocycles. The van der Waals surface area contributed by atoms with Crippen molar-refractivity contribution >= 4 is 51.4 Å². The Bertz CT molecular complexity index is 1280. The zero-order valence-electron chi connectivity index (χ0n) is 27.4. The van der Waals surface area contributed by atoms with Gasteiger partial charge in [-0.2, -0.15) is 4.90 Å². The van der Waals surface area contributed by atoms with Crippen LogP contribution < -0.4 is 0 Å². The van der Waals surface area contributed by atoms with Crippen molar-refractivity contribution in [2.45, 2.75) is 124 Å². The molecule has 2 N–H and O–H groups in total. The van der Waals surface area contributed by atoms with Crippen LogP contribution in [0.5, 0.6) is 0 Å². The molecule has 1 heterocycles. The van der Waals surface area contributed by atoms with Gasteiger partial charge in [0.1, 0.15) is 23.3 Å². The lowest BCUT2D eigenvalue weighted by Crippen LogP contribution is -2.52. The Morgan fingerprint density at radius 2 is 1.67 bits per heavy atom. The highest BCUT2D eigenvalue weighted by atomic mass is 79.9. The molecular formula is C32H45BrN2O9S. The van der Waals surface area contributed by atoms with E-state index in [2.05, 4.69) is 32.8 Å². The summed E-state index contributed by atoms with van der Waals surface area (Å²) in [5.41, 5.74) is -0.407. The van der Waals surface area contributed by atoms with Gasteiger partial charge in [-0.05, 0) is 105 Å². The van der Waals surface area contributed by atoms with E-state index in [-0.39, 0.29) is 6.42 Å². The number of aromatic nitrogens is 1. The standard InChI is InChI=1S/C32H45BrN2O9S/c1-20(16-22(3)36)12-10-15-27(37)42-24(17-21(2)33)18-26-34-23(19-45-26)13-11-14-25(28(38)39)35(29(40)43-31(4,5)6)30(41)44-32(7,8)9/h12,17,19,22,24-25,36H,11,13-14,16,18H2,1-9H3,(H,38,39)/t22-,24+,25-/m0/s1. The minimum atomic E-state index is -1.52. The van der Waals surface area contributed by atoms with Gasteiger partial charge in [-0.1, -0.05) is 27.4 Å². The van der Waals surface area contributed by atoms with Crippen LogP contribution in [0.3, 0.4) is 0 Å². The van der Waals surface area contributed by atoms with Gasteiger partial charge in [0.05, 0.1) is 16.8 Å². The third-order valence-corrected chi connectivity index (χ3v) is 6.63. The number of carboxylic acid groups (broad SMARTS) is 1. The average molecular weight is 714 g/mol. The van der Waals surface area contributed by atoms with Crippen LogP contribution in [0, 0.1) is 11.8 Å². The minimum Gasteiger partial charge on any atom is -0.480 e. The molecule has 1 rings (SSSR count). The van der Waals surface area contributed by atoms with Crippen LogP contribution in [0.15, 0.2) is 27.6 Å². The SMILES string of the molecule is CC(Br)=C[C@H](Cc1nc(CCC[C@@H](C(=O)O)N(C(=O)OC(C)(C)C)C(=O)OC(C)(C)C)cs1)OC(=O)C#CC=C(C)C[C@H](C)O. The number of carbonyl (C=O) groups is 4. The summed E-state index contributed by atoms with van der Waals surface area (Å²) in [5.74, 6) is 3.01. The van der Waals surface area contributed by atoms with E-state index < -0.39 is 53.6 Å². The Morgan fingerprint density at radius 3 is 2.16 bits per heavy atom. The predicted molar refractivity (Wildman–Crippen MR) is 175 cm³/mol. The molecule has 250 valence electrons. The molecule has 3 atom stereocenters. The van der Waals surface area contributed by atoms with E-state index in [0.717, 1.165) is 10.1 Å². The molecule has 0 aliphatic heterocycles. The van der Waals surface area contributed by atoms with E-state index in [1.807, 2.05) is 12.3 Å². The lowest BCUT2D eigenvalue weighted by Gasteiger charge is -2.31. The summed E-state index contributed by atoms with van der Waals surface area (Å²) in [6, 6.07) is -1.52. The van der Waals surface area contributed by atoms with Gasteiger partial charge in [-0.3, -0.25) is 0 Å². The number of imide groups is 1. The number of nitrogens with zero attached hydrogens (tertiary/aromatic N) is 2. The molecule has 0 aliphatic rings. The normalized spacial score (nSPS) is 14.4. The van der Waals surface area contributed by atoms with Crippen molar-refractivity contribution in [3.63, 3.8) is 0 Å². The van der Waals surface area contributed by atoms with Crippen LogP contribution in [0.4, 0.5) is 9.59 Å². The van der Waals surface area contributed by atoms with Gasteiger partial charge in [0.2, 0.25) is 0 Å². The number of halogens is 1. The van der Waals surface area contributed by atoms with Crippen molar-refractivity contribution in [1.82, 2.24) is 9.88 Å². The molecule has 2 amide bonds. The first-order valence-electron chi connectivity index (χ1n) is 14.5. The molecule has 0 aromatic carbocycles. The van der Waals surface area contributed by atoms with Gasteiger partial charge >= 0.3 is 24.1 Å². The average Bonchev–Trinajstić information content (AvgIpc) is 3.26. The smallest absolute Gasteiger partial charge is 0.420 e. The first-order chi connectivity index (χ1) is 20.7. The van der Waals surface area contributed by atoms with E-state index in [0.29, 0.717) is 41.3 Å². The molecule has 1 aromatic rings. The summed E-state index contributed by atoms with van der Waals surface area (Å²) in [5, 5.41) is 21.9. The number of aliphatic carboxylic acids is 1. The fourth-order valence-electron chi connectivity index (χ4n) is 3.82. The summed E-state index contributed by atoms with van der Waals surface area (Å²) < 4.78 is 16.9. The topological polar surface area (TPSA) is 153 Å². The van der Waals surface area contributed by atoms with Crippen LogP contribution in [0.1, 0.15) is 92.3 Å². The lowest BCUT2D eigenvalue weighted by molar-refractivity contribution is -0.143. The van der Waals surface area contributed by atoms with Gasteiger partial charge in [0, 0.05) is 17.7 Å². The van der Waals surface area contributed by atoms with Gasteiger partial charge in [-0.15, -0.1) is 11.3 Å². The van der Waals surface area contributed by atoms with Crippen LogP contribution in [0.2, 0.25) is 0 Å². The third-order valence-electron chi connectivity index (χ3n) is 5.45. The summed E-state index contributed by atoms with van der Waals surface area (Å²) in [6.07, 6.45) is 1.29. The van der Waals surface area contributed by atoms with E-state index in [1.54, 1.807) is 67.5 Å². The largest absolute Gasteiger partial charge is 0.480 e. The molecule has 0 radical (unpaired) electrons. The molecule has 1 aromatic heterocycles. The van der Waals surface area contributed by atoms with E-state index in [1.165, 1.54) is 11.3 Å². The molecule has 0 fully saturated rings. The van der Waals surface area contributed by atoms with Crippen LogP contribution in [0.25, 0.3) is 0 Å². The molecule has 0 bridgehead atoms. The Kier molecular flexibility index (Phi) is 16.0. The molecular weight excluding hydrogens is 668 g/mol. The molecule has 0 unspecified atom stereocenters. The van der Waals surface area contributed by atoms with E-state index >= 15 is 0 Å². The van der Waals surface area contributed by atoms with Crippen molar-refractivity contribution in [2.75, 3.05) is 0 Å². The van der Waals surface area contributed by atoms with Crippen molar-refractivity contribution in [3.05, 3.63) is 38.3 Å². The summed E-state index contributed by atoms with van der Waals surface area (Å²) in [6.45, 7) is 15.0. The fraction of sp³-hybridized carbons (Fsp3) is 0.594. The van der Waals surface area contributed by atoms with Crippen LogP contribution in [-0.4, -0.2) is 73.7 Å². The van der Waals surface area contributed by atoms with Crippen molar-refractivity contribution < 1.29 is 43.6 Å². The number of esters is 1. The maximum Gasteiger partial charge on any atom is 0.420 e. The fourth-order valence-corrected chi connectivity index (χ4v) is 4.99. The molecule has 45 heavy (non-hydrogen) atoms. The third kappa shape index (κ3) is 17.2. The van der Waals surface area contributed by atoms with Crippen molar-refractivity contribution in [1.29, 1.82) is 0 Å². The number of carbonyl (C=O) groups excluding carboxylic acids is 3. The van der Waals surface area contributed by atoms with E-state index in [4.69, 9.17) is 14.2 Å². The Labute approximate surface area is 278 Å². The number of ether oxygens (including phenoxy) is 3. The monoisotopic (exact) mass is 712 g/mol. The van der Waals surface area contributed by atoms with Gasteiger partial charge in [0.15, 0.2) is 0 Å². The number of allylic oxidation sites excluding steroid dienone is 2. The first-order valence-corrected chi connectivity index (χ1v) is 16.1. The molecule has 13 heteroatoms. The number of hydrogen-bond acceptors (Lipinski definition) is 10. The quantitative estimate of drug-likeness (QED) is 0.105. The second-order valence-electron chi connectivity index (χ2n) is 12.5. The maximum absolute atomic E-state index is 12.9. The number of amides is 2. The Hall–Kier alpha value is -3.21. The first kappa shape index (κ1) is 39.8. The predicted octanol–water partition coefficient (Wildman–Crippen LogP) is 6.56. The van der Waals surface area contributed by atoms with Gasteiger partial charge in [-0.25, -0.2) is 24.2 Å². The van der Waals surface area contributed by atoms with Crippen LogP contribution >= 0.6 is 27.3 Å². The van der Waals surface area contributed by atoms with Crippen LogP contribution in [-0.2, 0) is 36.6 Å². The second kappa shape index (κ2) is 18.1. The zero-order valence-corrected chi connectivity index (χ0v) is 29.8. The second-order valence-corrected chi connectivity index (χ2v) is 14.7. The number of carboxylic acids is 1. The number of rotatable bonds is 12. The number of aliphatic hydroxyl groups excluding tert-OH is 1. The Balaban J connectivity index is 2.98. The van der Waals surface area contributed by atoms with Crippen molar-refractivity contribution in [2.24, 2.45) is 0 Å². The zero-order chi connectivity index (χ0) is 34.5. The summed E-state index contributed by atoms with van der Waals surface area (Å²) in [7, 11) is 0. The number of thiazole rings is 1. The summed E-state index contributed by atoms with van der Waals surface area (Å²) in [4.78, 5) is 55.5. The van der Waals surface area contributed by atoms with Gasteiger partial charge < -0.3 is 24.4 Å². The number of hydrogen-bond donors (Lipinski definition) is 2. The molecule has 0 spiro atoms. The summed E-state index contributed by atoms with van der Waals surface area (Å²) >= 11 is 4.73. The highest BCUT2D eigenvalue weighted by molar-refractivity contribution is 9.11. The Morgan fingerprint density at radius 1 is 1.09 bits per heavy atom. The van der Waals surface area contributed by atoms with E-state index in [9.17, 15) is 29.4 Å². The highest BCUT2D eigenvalue weighted by Crippen LogP contribution is 2.22. The van der Waals surface area contributed by atoms with Crippen molar-refractivity contribution in [3.8, 4) is 11.8 Å². The minimum absolute atomic E-state index is 0.0593. The number of aryl methyl sites for hydroxylation is 1. The molecule has 0 saturated heterocycles. The lowest BCUT2D eigenvalue weighted by atomic mass is 10.1. The maximum atomic E-state index is 12.9. The highest BCUT2D eigenvalue weighted by Gasteiger charge is 2.40. The molecule has 0 saturated carbocycles.